The first-order valence-corrected chi connectivity index (χ1v) is 9.22. The van der Waals surface area contributed by atoms with Crippen LogP contribution in [-0.4, -0.2) is 33.4 Å². The molecule has 2 heterocycles. The van der Waals surface area contributed by atoms with Gasteiger partial charge in [-0.05, 0) is 24.6 Å². The molecule has 0 aliphatic rings. The van der Waals surface area contributed by atoms with Crippen LogP contribution >= 0.6 is 23.1 Å². The second-order valence-corrected chi connectivity index (χ2v) is 7.26. The lowest BCUT2D eigenvalue weighted by Gasteiger charge is -2.07. The Kier molecular flexibility index (Phi) is 5.67. The monoisotopic (exact) mass is 376 g/mol. The van der Waals surface area contributed by atoms with Gasteiger partial charge in [-0.15, -0.1) is 21.5 Å². The fourth-order valence-corrected chi connectivity index (χ4v) is 3.20. The molecule has 0 spiro atoms. The van der Waals surface area contributed by atoms with E-state index in [1.165, 1.54) is 23.1 Å². The minimum atomic E-state index is -0.377. The van der Waals surface area contributed by atoms with Gasteiger partial charge < -0.3 is 14.5 Å². The molecule has 0 saturated heterocycles. The van der Waals surface area contributed by atoms with Crippen molar-refractivity contribution in [1.29, 1.82) is 0 Å². The van der Waals surface area contributed by atoms with Crippen LogP contribution in [0.4, 0.5) is 5.13 Å². The van der Waals surface area contributed by atoms with Gasteiger partial charge >= 0.3 is 0 Å². The highest BCUT2D eigenvalue weighted by Crippen LogP contribution is 2.24. The number of nitrogens with one attached hydrogen (secondary N) is 1. The number of hydrogen-bond acceptors (Lipinski definition) is 8. The number of rotatable bonds is 7. The van der Waals surface area contributed by atoms with Gasteiger partial charge in [0.25, 0.3) is 5.22 Å². The normalized spacial score (nSPS) is 11.9. The van der Waals surface area contributed by atoms with Gasteiger partial charge in [-0.2, -0.15) is 0 Å². The smallest absolute Gasteiger partial charge is 0.277 e. The molecule has 1 N–H and O–H groups in total. The molecular formula is C16H16N4O3S2. The molecule has 0 fully saturated rings. The van der Waals surface area contributed by atoms with Crippen LogP contribution in [0.2, 0.25) is 0 Å². The Morgan fingerprint density at radius 3 is 2.84 bits per heavy atom. The van der Waals surface area contributed by atoms with Gasteiger partial charge in [0.15, 0.2) is 5.13 Å². The van der Waals surface area contributed by atoms with E-state index >= 15 is 0 Å². The molecule has 0 saturated carbocycles. The van der Waals surface area contributed by atoms with Gasteiger partial charge in [0.1, 0.15) is 5.75 Å². The van der Waals surface area contributed by atoms with Crippen molar-refractivity contribution in [2.45, 2.75) is 23.8 Å². The Morgan fingerprint density at radius 1 is 1.36 bits per heavy atom. The minimum Gasteiger partial charge on any atom is -0.497 e. The largest absolute Gasteiger partial charge is 0.497 e. The number of nitrogens with zero attached hydrogens (tertiary/aromatic N) is 3. The highest BCUT2D eigenvalue weighted by Gasteiger charge is 2.19. The molecule has 9 heteroatoms. The Bertz CT molecular complexity index is 818. The van der Waals surface area contributed by atoms with Gasteiger partial charge in [0.05, 0.1) is 18.8 Å². The van der Waals surface area contributed by atoms with Crippen molar-refractivity contribution in [2.75, 3.05) is 12.4 Å². The van der Waals surface area contributed by atoms with Gasteiger partial charge in [0.2, 0.25) is 11.8 Å². The van der Waals surface area contributed by atoms with Crippen LogP contribution in [0, 0.1) is 0 Å². The fraction of sp³-hybridized carbons (Fsp3) is 0.250. The average Bonchev–Trinajstić information content (AvgIpc) is 3.27. The van der Waals surface area contributed by atoms with E-state index in [2.05, 4.69) is 20.5 Å². The molecule has 0 aliphatic carbocycles. The van der Waals surface area contributed by atoms with Crippen LogP contribution in [0.5, 0.6) is 5.75 Å². The van der Waals surface area contributed by atoms with Gasteiger partial charge in [0, 0.05) is 11.6 Å². The van der Waals surface area contributed by atoms with E-state index in [0.29, 0.717) is 22.7 Å². The molecule has 1 unspecified atom stereocenters. The molecule has 0 bridgehead atoms. The average molecular weight is 376 g/mol. The summed E-state index contributed by atoms with van der Waals surface area (Å²) in [5, 5.41) is 13.1. The van der Waals surface area contributed by atoms with Gasteiger partial charge in [-0.1, -0.05) is 23.9 Å². The highest BCUT2D eigenvalue weighted by atomic mass is 32.2. The van der Waals surface area contributed by atoms with E-state index in [-0.39, 0.29) is 11.2 Å². The number of amides is 1. The number of ether oxygens (including phenoxy) is 1. The van der Waals surface area contributed by atoms with Gasteiger partial charge in [-0.3, -0.25) is 4.79 Å². The molecule has 3 rings (SSSR count). The zero-order chi connectivity index (χ0) is 17.6. The number of methoxy groups -OCH3 is 1. The summed E-state index contributed by atoms with van der Waals surface area (Å²) in [6.07, 6.45) is 2.17. The Labute approximate surface area is 152 Å². The number of carbonyl (C=O) groups is 1. The number of anilines is 1. The standard InChI is InChI=1S/C16H16N4O3S2/c1-10(14(21)18-15-17-7-8-24-15)25-16-20-19-13(23-16)9-11-3-5-12(22-2)6-4-11/h3-8,10H,9H2,1-2H3,(H,17,18,21). The summed E-state index contributed by atoms with van der Waals surface area (Å²) in [6, 6.07) is 7.65. The number of thiazole rings is 1. The SMILES string of the molecule is COc1ccc(Cc2nnc(SC(C)C(=O)Nc3nccs3)o2)cc1. The third kappa shape index (κ3) is 4.80. The number of aromatic nitrogens is 3. The van der Waals surface area contributed by atoms with Crippen LogP contribution in [-0.2, 0) is 11.2 Å². The van der Waals surface area contributed by atoms with Crippen LogP contribution in [0.15, 0.2) is 45.5 Å². The quantitative estimate of drug-likeness (QED) is 0.633. The van der Waals surface area contributed by atoms with Crippen molar-refractivity contribution >= 4 is 34.1 Å². The Hall–Kier alpha value is -2.39. The van der Waals surface area contributed by atoms with E-state index in [4.69, 9.17) is 9.15 Å². The third-order valence-corrected chi connectivity index (χ3v) is 4.89. The predicted octanol–water partition coefficient (Wildman–Crippen LogP) is 3.24. The zero-order valence-electron chi connectivity index (χ0n) is 13.6. The van der Waals surface area contributed by atoms with E-state index < -0.39 is 0 Å². The summed E-state index contributed by atoms with van der Waals surface area (Å²) in [5.41, 5.74) is 1.04. The molecular weight excluding hydrogens is 360 g/mol. The third-order valence-electron chi connectivity index (χ3n) is 3.27. The van der Waals surface area contributed by atoms with Crippen molar-refractivity contribution < 1.29 is 13.9 Å². The molecule has 1 amide bonds. The van der Waals surface area contributed by atoms with Crippen LogP contribution < -0.4 is 10.1 Å². The minimum absolute atomic E-state index is 0.158. The summed E-state index contributed by atoms with van der Waals surface area (Å²) in [5.74, 6) is 1.14. The topological polar surface area (TPSA) is 90.1 Å². The van der Waals surface area contributed by atoms with Crippen LogP contribution in [0.25, 0.3) is 0 Å². The number of hydrogen-bond donors (Lipinski definition) is 1. The van der Waals surface area contributed by atoms with Crippen LogP contribution in [0.1, 0.15) is 18.4 Å². The van der Waals surface area contributed by atoms with E-state index in [9.17, 15) is 4.79 Å². The van der Waals surface area contributed by atoms with Gasteiger partial charge in [-0.25, -0.2) is 4.98 Å². The number of benzene rings is 1. The molecule has 130 valence electrons. The van der Waals surface area contributed by atoms with Crippen molar-refractivity contribution in [1.82, 2.24) is 15.2 Å². The van der Waals surface area contributed by atoms with Crippen molar-refractivity contribution in [3.8, 4) is 5.75 Å². The van der Waals surface area contributed by atoms with Crippen molar-refractivity contribution in [3.05, 3.63) is 47.3 Å². The molecule has 0 aliphatic heterocycles. The zero-order valence-corrected chi connectivity index (χ0v) is 15.3. The first-order valence-electron chi connectivity index (χ1n) is 7.46. The summed E-state index contributed by atoms with van der Waals surface area (Å²) in [7, 11) is 1.63. The maximum Gasteiger partial charge on any atom is 0.277 e. The molecule has 1 atom stereocenters. The predicted molar refractivity (Wildman–Crippen MR) is 96.2 cm³/mol. The maximum atomic E-state index is 12.1. The second kappa shape index (κ2) is 8.13. The lowest BCUT2D eigenvalue weighted by Crippen LogP contribution is -2.22. The van der Waals surface area contributed by atoms with E-state index in [1.807, 2.05) is 24.3 Å². The van der Waals surface area contributed by atoms with Crippen molar-refractivity contribution in [2.24, 2.45) is 0 Å². The number of thioether (sulfide) groups is 1. The second-order valence-electron chi connectivity index (χ2n) is 5.07. The first-order chi connectivity index (χ1) is 12.1. The summed E-state index contributed by atoms with van der Waals surface area (Å²) >= 11 is 2.59. The number of carbonyl (C=O) groups excluding carboxylic acids is 1. The summed E-state index contributed by atoms with van der Waals surface area (Å²) in [6.45, 7) is 1.78. The van der Waals surface area contributed by atoms with Crippen molar-refractivity contribution in [3.63, 3.8) is 0 Å². The Morgan fingerprint density at radius 2 is 2.16 bits per heavy atom. The lowest BCUT2D eigenvalue weighted by molar-refractivity contribution is -0.115. The molecule has 25 heavy (non-hydrogen) atoms. The molecule has 3 aromatic rings. The molecule has 2 aromatic heterocycles. The maximum absolute atomic E-state index is 12.1. The Balaban J connectivity index is 1.56. The highest BCUT2D eigenvalue weighted by molar-refractivity contribution is 8.00. The first kappa shape index (κ1) is 17.4. The fourth-order valence-electron chi connectivity index (χ4n) is 1.97. The molecule has 7 nitrogen and oxygen atoms in total. The van der Waals surface area contributed by atoms with Crippen LogP contribution in [0.3, 0.4) is 0 Å². The summed E-state index contributed by atoms with van der Waals surface area (Å²) in [4.78, 5) is 16.1. The van der Waals surface area contributed by atoms with E-state index in [1.54, 1.807) is 25.6 Å². The lowest BCUT2D eigenvalue weighted by atomic mass is 10.1. The van der Waals surface area contributed by atoms with E-state index in [0.717, 1.165) is 11.3 Å². The summed E-state index contributed by atoms with van der Waals surface area (Å²) < 4.78 is 10.7. The molecule has 0 radical (unpaired) electrons. The molecule has 1 aromatic carbocycles.